The van der Waals surface area contributed by atoms with Gasteiger partial charge in [-0.2, -0.15) is 0 Å². The summed E-state index contributed by atoms with van der Waals surface area (Å²) in [6.45, 7) is 2.32. The van der Waals surface area contributed by atoms with E-state index in [9.17, 15) is 14.4 Å². The van der Waals surface area contributed by atoms with Crippen molar-refractivity contribution >= 4 is 56.6 Å². The van der Waals surface area contributed by atoms with Crippen molar-refractivity contribution in [3.63, 3.8) is 0 Å². The van der Waals surface area contributed by atoms with Crippen LogP contribution in [0, 0.1) is 11.8 Å². The second kappa shape index (κ2) is 7.93. The number of rotatable bonds is 3. The molecule has 0 radical (unpaired) electrons. The molecule has 2 fully saturated rings. The molecule has 160 valence electrons. The highest BCUT2D eigenvalue weighted by Crippen LogP contribution is 2.32. The number of likely N-dealkylation sites (tertiary alicyclic amines) is 2. The van der Waals surface area contributed by atoms with E-state index in [1.807, 2.05) is 10.3 Å². The molecule has 0 bridgehead atoms. The van der Waals surface area contributed by atoms with Crippen molar-refractivity contribution in [3.8, 4) is 0 Å². The lowest BCUT2D eigenvalue weighted by Crippen LogP contribution is -2.38. The van der Waals surface area contributed by atoms with Crippen molar-refractivity contribution in [1.82, 2.24) is 19.4 Å². The summed E-state index contributed by atoms with van der Waals surface area (Å²) in [5.74, 6) is 0.275. The Hall–Kier alpha value is -2.42. The van der Waals surface area contributed by atoms with E-state index in [0.717, 1.165) is 0 Å². The summed E-state index contributed by atoms with van der Waals surface area (Å²) in [4.78, 5) is 46.7. The molecule has 1 aromatic carbocycles. The molecule has 2 aromatic heterocycles. The fraction of sp³-hybridized carbons (Fsp3) is 0.333. The average molecular weight is 477 g/mol. The maximum atomic E-state index is 12.8. The predicted molar refractivity (Wildman–Crippen MR) is 120 cm³/mol. The van der Waals surface area contributed by atoms with Crippen LogP contribution in [0.1, 0.15) is 10.4 Å². The third-order valence-electron chi connectivity index (χ3n) is 6.05. The van der Waals surface area contributed by atoms with Crippen molar-refractivity contribution in [3.05, 3.63) is 61.9 Å². The molecule has 0 aliphatic carbocycles. The first-order chi connectivity index (χ1) is 14.9. The number of amides is 2. The molecule has 0 saturated carbocycles. The van der Waals surface area contributed by atoms with Gasteiger partial charge in [-0.1, -0.05) is 23.2 Å². The van der Waals surface area contributed by atoms with E-state index in [-0.39, 0.29) is 35.8 Å². The number of carbonyl (C=O) groups is 2. The van der Waals surface area contributed by atoms with Gasteiger partial charge in [0, 0.05) is 43.6 Å². The Labute approximate surface area is 191 Å². The van der Waals surface area contributed by atoms with Gasteiger partial charge in [-0.15, -0.1) is 11.3 Å². The molecular weight excluding hydrogens is 459 g/mol. The van der Waals surface area contributed by atoms with Crippen LogP contribution in [0.2, 0.25) is 10.0 Å². The van der Waals surface area contributed by atoms with Crippen LogP contribution in [0.15, 0.2) is 40.8 Å². The van der Waals surface area contributed by atoms with Gasteiger partial charge in [-0.3, -0.25) is 19.0 Å². The molecule has 0 spiro atoms. The van der Waals surface area contributed by atoms with Crippen molar-refractivity contribution in [2.45, 2.75) is 6.54 Å². The molecule has 3 aromatic rings. The smallest absolute Gasteiger partial charge is 0.262 e. The van der Waals surface area contributed by atoms with Gasteiger partial charge in [0.25, 0.3) is 11.5 Å². The number of fused-ring (bicyclic) bond motifs is 2. The average Bonchev–Trinajstić information content (AvgIpc) is 3.46. The van der Waals surface area contributed by atoms with Crippen molar-refractivity contribution in [1.29, 1.82) is 0 Å². The van der Waals surface area contributed by atoms with Crippen LogP contribution >= 0.6 is 34.5 Å². The van der Waals surface area contributed by atoms with Crippen molar-refractivity contribution in [2.24, 2.45) is 11.8 Å². The summed E-state index contributed by atoms with van der Waals surface area (Å²) in [6, 6.07) is 6.62. The second-order valence-electron chi connectivity index (χ2n) is 7.97. The van der Waals surface area contributed by atoms with Gasteiger partial charge in [-0.05, 0) is 29.6 Å². The van der Waals surface area contributed by atoms with Gasteiger partial charge in [0.15, 0.2) is 0 Å². The highest BCUT2D eigenvalue weighted by atomic mass is 35.5. The van der Waals surface area contributed by atoms with Crippen LogP contribution in [-0.2, 0) is 11.3 Å². The maximum Gasteiger partial charge on any atom is 0.262 e. The molecule has 31 heavy (non-hydrogen) atoms. The standard InChI is InChI=1S/C21H18Cl2N4O3S/c22-16-2-1-12(5-17(16)23)20(29)26-8-13-6-25(7-14(13)9-26)18(28)10-27-11-24-19-15(21(27)30)3-4-31-19/h1-5,11,13-14H,6-10H2/t13-,14+. The molecule has 2 amide bonds. The van der Waals surface area contributed by atoms with E-state index in [1.54, 1.807) is 29.2 Å². The first-order valence-electron chi connectivity index (χ1n) is 9.85. The van der Waals surface area contributed by atoms with Gasteiger partial charge in [0.2, 0.25) is 5.91 Å². The summed E-state index contributed by atoms with van der Waals surface area (Å²) in [6.07, 6.45) is 1.44. The Balaban J connectivity index is 1.22. The lowest BCUT2D eigenvalue weighted by molar-refractivity contribution is -0.131. The van der Waals surface area contributed by atoms with Gasteiger partial charge in [0.05, 0.1) is 21.8 Å². The molecule has 2 aliphatic heterocycles. The largest absolute Gasteiger partial charge is 0.340 e. The summed E-state index contributed by atoms with van der Waals surface area (Å²) in [5.41, 5.74) is 0.315. The SMILES string of the molecule is O=C(Cn1cnc2sccc2c1=O)N1C[C@@H]2CN(C(=O)c3ccc(Cl)c(Cl)c3)C[C@@H]2C1. The number of hydrogen-bond acceptors (Lipinski definition) is 5. The Morgan fingerprint density at radius 1 is 1.03 bits per heavy atom. The van der Waals surface area contributed by atoms with E-state index >= 15 is 0 Å². The molecule has 2 aliphatic rings. The number of aromatic nitrogens is 2. The highest BCUT2D eigenvalue weighted by Gasteiger charge is 2.43. The number of hydrogen-bond donors (Lipinski definition) is 0. The zero-order valence-electron chi connectivity index (χ0n) is 16.3. The van der Waals surface area contributed by atoms with E-state index in [2.05, 4.69) is 4.98 Å². The van der Waals surface area contributed by atoms with E-state index < -0.39 is 0 Å². The molecule has 0 unspecified atom stereocenters. The number of carbonyl (C=O) groups excluding carboxylic acids is 2. The Morgan fingerprint density at radius 3 is 2.45 bits per heavy atom. The van der Waals surface area contributed by atoms with E-state index in [4.69, 9.17) is 23.2 Å². The topological polar surface area (TPSA) is 75.5 Å². The molecule has 7 nitrogen and oxygen atoms in total. The third-order valence-corrected chi connectivity index (χ3v) is 7.61. The van der Waals surface area contributed by atoms with Crippen LogP contribution in [0.3, 0.4) is 0 Å². The van der Waals surface area contributed by atoms with Crippen LogP contribution in [0.5, 0.6) is 0 Å². The van der Waals surface area contributed by atoms with E-state index in [1.165, 1.54) is 22.2 Å². The zero-order chi connectivity index (χ0) is 21.7. The van der Waals surface area contributed by atoms with Crippen LogP contribution in [0.25, 0.3) is 10.2 Å². The van der Waals surface area contributed by atoms with Crippen molar-refractivity contribution < 1.29 is 9.59 Å². The second-order valence-corrected chi connectivity index (χ2v) is 9.68. The minimum atomic E-state index is -0.197. The normalized spacial score (nSPS) is 20.5. The molecular formula is C21H18Cl2N4O3S. The molecule has 4 heterocycles. The summed E-state index contributed by atoms with van der Waals surface area (Å²) in [5, 5.41) is 3.12. The van der Waals surface area contributed by atoms with Gasteiger partial charge in [-0.25, -0.2) is 4.98 Å². The van der Waals surface area contributed by atoms with Crippen LogP contribution in [0.4, 0.5) is 0 Å². The lowest BCUT2D eigenvalue weighted by Gasteiger charge is -2.22. The number of nitrogens with zero attached hydrogens (tertiary/aromatic N) is 4. The minimum absolute atomic E-state index is 0.0248. The monoisotopic (exact) mass is 476 g/mol. The molecule has 0 N–H and O–H groups in total. The number of thiophene rings is 1. The van der Waals surface area contributed by atoms with Crippen molar-refractivity contribution in [2.75, 3.05) is 26.2 Å². The maximum absolute atomic E-state index is 12.8. The van der Waals surface area contributed by atoms with E-state index in [0.29, 0.717) is 52.0 Å². The predicted octanol–water partition coefficient (Wildman–Crippen LogP) is 3.00. The first kappa shape index (κ1) is 20.5. The highest BCUT2D eigenvalue weighted by molar-refractivity contribution is 7.16. The number of halogens is 2. The number of benzene rings is 1. The Morgan fingerprint density at radius 2 is 1.74 bits per heavy atom. The molecule has 10 heteroatoms. The zero-order valence-corrected chi connectivity index (χ0v) is 18.7. The Bertz CT molecular complexity index is 1240. The fourth-order valence-electron chi connectivity index (χ4n) is 4.43. The summed E-state index contributed by atoms with van der Waals surface area (Å²) < 4.78 is 1.37. The molecule has 2 saturated heterocycles. The molecule has 2 atom stereocenters. The van der Waals surface area contributed by atoms with Gasteiger partial charge >= 0.3 is 0 Å². The fourth-order valence-corrected chi connectivity index (χ4v) is 5.45. The van der Waals surface area contributed by atoms with Gasteiger partial charge < -0.3 is 9.80 Å². The van der Waals surface area contributed by atoms with Crippen LogP contribution in [-0.4, -0.2) is 57.3 Å². The Kier molecular flexibility index (Phi) is 5.24. The summed E-state index contributed by atoms with van der Waals surface area (Å²) in [7, 11) is 0. The minimum Gasteiger partial charge on any atom is -0.340 e. The van der Waals surface area contributed by atoms with Gasteiger partial charge in [0.1, 0.15) is 11.4 Å². The quantitative estimate of drug-likeness (QED) is 0.582. The first-order valence-corrected chi connectivity index (χ1v) is 11.5. The molecule has 5 rings (SSSR count). The third kappa shape index (κ3) is 3.73. The summed E-state index contributed by atoms with van der Waals surface area (Å²) >= 11 is 13.4. The lowest BCUT2D eigenvalue weighted by atomic mass is 10.0. The van der Waals surface area contributed by atoms with Crippen LogP contribution < -0.4 is 5.56 Å².